The van der Waals surface area contributed by atoms with Gasteiger partial charge in [-0.2, -0.15) is 0 Å². The van der Waals surface area contributed by atoms with Crippen molar-refractivity contribution >= 4 is 27.0 Å². The summed E-state index contributed by atoms with van der Waals surface area (Å²) >= 11 is 1.62. The quantitative estimate of drug-likeness (QED) is 0.893. The Hall–Kier alpha value is -1.37. The van der Waals surface area contributed by atoms with Crippen molar-refractivity contribution in [3.63, 3.8) is 0 Å². The van der Waals surface area contributed by atoms with Gasteiger partial charge in [0.2, 0.25) is 10.0 Å². The Bertz CT molecular complexity index is 669. The van der Waals surface area contributed by atoms with Gasteiger partial charge in [0.05, 0.1) is 4.90 Å². The molecular formula is C14H18N2O2S2. The molecule has 0 amide bonds. The monoisotopic (exact) mass is 310 g/mol. The number of nitrogens with one attached hydrogen (secondary N) is 2. The van der Waals surface area contributed by atoms with E-state index in [1.165, 1.54) is 10.4 Å². The van der Waals surface area contributed by atoms with Crippen molar-refractivity contribution in [3.8, 4) is 0 Å². The minimum Gasteiger partial charge on any atom is -0.388 e. The number of benzene rings is 1. The van der Waals surface area contributed by atoms with Crippen LogP contribution in [0.4, 0.5) is 5.69 Å². The van der Waals surface area contributed by atoms with E-state index >= 15 is 0 Å². The fraction of sp³-hybridized carbons (Fsp3) is 0.286. The normalized spacial score (nSPS) is 11.6. The van der Waals surface area contributed by atoms with Crippen LogP contribution in [0, 0.1) is 13.8 Å². The first-order chi connectivity index (χ1) is 9.42. The summed E-state index contributed by atoms with van der Waals surface area (Å²) in [5, 5.41) is 2.96. The summed E-state index contributed by atoms with van der Waals surface area (Å²) in [5.41, 5.74) is 2.08. The van der Waals surface area contributed by atoms with Gasteiger partial charge in [0.1, 0.15) is 0 Å². The van der Waals surface area contributed by atoms with Gasteiger partial charge in [0.15, 0.2) is 0 Å². The fourth-order valence-corrected chi connectivity index (χ4v) is 3.88. The average molecular weight is 310 g/mol. The molecule has 0 aliphatic heterocycles. The number of anilines is 1. The molecule has 0 spiro atoms. The Morgan fingerprint density at radius 1 is 1.15 bits per heavy atom. The minimum atomic E-state index is -3.46. The first-order valence-electron chi connectivity index (χ1n) is 6.26. The highest BCUT2D eigenvalue weighted by Crippen LogP contribution is 2.21. The summed E-state index contributed by atoms with van der Waals surface area (Å²) in [7, 11) is -1.66. The predicted octanol–water partition coefficient (Wildman–Crippen LogP) is 2.89. The van der Waals surface area contributed by atoms with Crippen LogP contribution in [-0.4, -0.2) is 15.5 Å². The summed E-state index contributed by atoms with van der Waals surface area (Å²) in [6, 6.07) is 8.70. The molecule has 0 aliphatic carbocycles. The van der Waals surface area contributed by atoms with Crippen LogP contribution >= 0.6 is 11.3 Å². The van der Waals surface area contributed by atoms with Gasteiger partial charge in [-0.1, -0.05) is 0 Å². The first-order valence-corrected chi connectivity index (χ1v) is 8.56. The second-order valence-electron chi connectivity index (χ2n) is 4.55. The number of thiophene rings is 1. The standard InChI is InChI=1S/C14H18N2O2S2/c1-10-8-13(19-11(10)2)9-16-20(17,18)14-6-4-12(15-3)5-7-14/h4-8,15-16H,9H2,1-3H3. The summed E-state index contributed by atoms with van der Waals surface area (Å²) in [6.07, 6.45) is 0. The van der Waals surface area contributed by atoms with Crippen molar-refractivity contribution in [3.05, 3.63) is 45.6 Å². The van der Waals surface area contributed by atoms with Gasteiger partial charge in [-0.3, -0.25) is 0 Å². The lowest BCUT2D eigenvalue weighted by molar-refractivity contribution is 0.582. The van der Waals surface area contributed by atoms with Gasteiger partial charge in [-0.15, -0.1) is 11.3 Å². The lowest BCUT2D eigenvalue weighted by Gasteiger charge is -2.06. The topological polar surface area (TPSA) is 58.2 Å². The number of hydrogen-bond acceptors (Lipinski definition) is 4. The van der Waals surface area contributed by atoms with Crippen LogP contribution in [0.2, 0.25) is 0 Å². The first kappa shape index (κ1) is 15.0. The highest BCUT2D eigenvalue weighted by molar-refractivity contribution is 7.89. The zero-order chi connectivity index (χ0) is 14.8. The van der Waals surface area contributed by atoms with Crippen molar-refractivity contribution in [1.29, 1.82) is 0 Å². The molecule has 20 heavy (non-hydrogen) atoms. The van der Waals surface area contributed by atoms with Crippen LogP contribution in [0.15, 0.2) is 35.2 Å². The third-order valence-corrected chi connectivity index (χ3v) is 5.68. The summed E-state index contributed by atoms with van der Waals surface area (Å²) < 4.78 is 27.0. The average Bonchev–Trinajstić information content (AvgIpc) is 2.76. The minimum absolute atomic E-state index is 0.279. The Morgan fingerprint density at radius 2 is 1.80 bits per heavy atom. The van der Waals surface area contributed by atoms with Crippen molar-refractivity contribution in [1.82, 2.24) is 4.72 Å². The van der Waals surface area contributed by atoms with E-state index in [1.54, 1.807) is 42.6 Å². The lowest BCUT2D eigenvalue weighted by Crippen LogP contribution is -2.22. The number of aryl methyl sites for hydroxylation is 2. The van der Waals surface area contributed by atoms with E-state index in [-0.39, 0.29) is 4.90 Å². The summed E-state index contributed by atoms with van der Waals surface area (Å²) in [5.74, 6) is 0. The Balaban J connectivity index is 2.10. The molecule has 2 N–H and O–H groups in total. The maximum atomic E-state index is 12.2. The van der Waals surface area contributed by atoms with Gasteiger partial charge < -0.3 is 5.32 Å². The van der Waals surface area contributed by atoms with Gasteiger partial charge >= 0.3 is 0 Å². The zero-order valence-electron chi connectivity index (χ0n) is 11.7. The molecule has 2 rings (SSSR count). The predicted molar refractivity (Wildman–Crippen MR) is 83.8 cm³/mol. The zero-order valence-corrected chi connectivity index (χ0v) is 13.4. The molecule has 0 fully saturated rings. The third-order valence-electron chi connectivity index (χ3n) is 3.11. The second-order valence-corrected chi connectivity index (χ2v) is 7.66. The third kappa shape index (κ3) is 3.39. The fourth-order valence-electron chi connectivity index (χ4n) is 1.79. The van der Waals surface area contributed by atoms with Gasteiger partial charge in [0, 0.05) is 29.0 Å². The molecule has 0 aliphatic rings. The molecule has 1 heterocycles. The highest BCUT2D eigenvalue weighted by atomic mass is 32.2. The maximum Gasteiger partial charge on any atom is 0.240 e. The molecule has 6 heteroatoms. The molecule has 4 nitrogen and oxygen atoms in total. The Kier molecular flexibility index (Phi) is 4.47. The molecule has 0 radical (unpaired) electrons. The van der Waals surface area contributed by atoms with Crippen LogP contribution in [0.1, 0.15) is 15.3 Å². The number of sulfonamides is 1. The Morgan fingerprint density at radius 3 is 2.30 bits per heavy atom. The van der Waals surface area contributed by atoms with Crippen LogP contribution in [-0.2, 0) is 16.6 Å². The van der Waals surface area contributed by atoms with Gasteiger partial charge in [-0.05, 0) is 49.7 Å². The van der Waals surface area contributed by atoms with E-state index in [0.717, 1.165) is 10.6 Å². The van der Waals surface area contributed by atoms with Crippen molar-refractivity contribution in [2.45, 2.75) is 25.3 Å². The van der Waals surface area contributed by atoms with E-state index < -0.39 is 10.0 Å². The molecule has 2 aromatic rings. The van der Waals surface area contributed by atoms with Crippen molar-refractivity contribution < 1.29 is 8.42 Å². The largest absolute Gasteiger partial charge is 0.388 e. The van der Waals surface area contributed by atoms with E-state index in [2.05, 4.69) is 10.0 Å². The van der Waals surface area contributed by atoms with Crippen LogP contribution in [0.5, 0.6) is 0 Å². The van der Waals surface area contributed by atoms with Crippen molar-refractivity contribution in [2.24, 2.45) is 0 Å². The maximum absolute atomic E-state index is 12.2. The molecule has 1 aromatic heterocycles. The van der Waals surface area contributed by atoms with Crippen LogP contribution in [0.3, 0.4) is 0 Å². The van der Waals surface area contributed by atoms with Crippen LogP contribution < -0.4 is 10.0 Å². The lowest BCUT2D eigenvalue weighted by atomic mass is 10.3. The molecule has 108 valence electrons. The van der Waals surface area contributed by atoms with Crippen LogP contribution in [0.25, 0.3) is 0 Å². The van der Waals surface area contributed by atoms with E-state index in [9.17, 15) is 8.42 Å². The molecule has 0 unspecified atom stereocenters. The molecule has 0 saturated carbocycles. The molecule has 0 bridgehead atoms. The Labute approximate surface area is 123 Å². The SMILES string of the molecule is CNc1ccc(S(=O)(=O)NCc2cc(C)c(C)s2)cc1. The molecular weight excluding hydrogens is 292 g/mol. The van der Waals surface area contributed by atoms with E-state index in [1.807, 2.05) is 19.9 Å². The highest BCUT2D eigenvalue weighted by Gasteiger charge is 2.14. The number of rotatable bonds is 5. The van der Waals surface area contributed by atoms with Gasteiger partial charge in [0.25, 0.3) is 0 Å². The molecule has 1 aromatic carbocycles. The smallest absolute Gasteiger partial charge is 0.240 e. The molecule has 0 atom stereocenters. The van der Waals surface area contributed by atoms with Crippen molar-refractivity contribution in [2.75, 3.05) is 12.4 Å². The summed E-state index contributed by atoms with van der Waals surface area (Å²) in [4.78, 5) is 2.52. The van der Waals surface area contributed by atoms with E-state index in [0.29, 0.717) is 6.54 Å². The van der Waals surface area contributed by atoms with E-state index in [4.69, 9.17) is 0 Å². The number of hydrogen-bond donors (Lipinski definition) is 2. The summed E-state index contributed by atoms with van der Waals surface area (Å²) in [6.45, 7) is 4.39. The molecule has 0 saturated heterocycles. The van der Waals surface area contributed by atoms with Gasteiger partial charge in [-0.25, -0.2) is 13.1 Å². The second kappa shape index (κ2) is 5.95.